The molecule has 18 rings (SSSR count). The highest BCUT2D eigenvalue weighted by Crippen LogP contribution is 2.50. The van der Waals surface area contributed by atoms with Crippen molar-refractivity contribution in [1.29, 1.82) is 0 Å². The van der Waals surface area contributed by atoms with Crippen LogP contribution < -0.4 is 102 Å². The first-order valence-corrected chi connectivity index (χ1v) is 46.4. The van der Waals surface area contributed by atoms with Crippen LogP contribution in [0.5, 0.6) is 0 Å². The zero-order valence-electron chi connectivity index (χ0n) is 79.9. The van der Waals surface area contributed by atoms with Gasteiger partial charge in [0.25, 0.3) is 0 Å². The number of hydrogen-bond acceptors (Lipinski definition) is 8. The molecule has 2 aliphatic heterocycles. The fourth-order valence-corrected chi connectivity index (χ4v) is 18.4. The summed E-state index contributed by atoms with van der Waals surface area (Å²) in [7, 11) is 20.1. The number of unbranched alkanes of at least 4 members (excludes halogenated alkanes) is 1. The number of halogens is 3. The molecule has 2 heterocycles. The van der Waals surface area contributed by atoms with Gasteiger partial charge in [-0.1, -0.05) is 353 Å². The number of nitrogens with one attached hydrogen (secondary N) is 3. The van der Waals surface area contributed by atoms with Gasteiger partial charge in [-0.25, -0.2) is 0 Å². The first kappa shape index (κ1) is 109. The molecule has 0 unspecified atom stereocenters. The van der Waals surface area contributed by atoms with E-state index in [1.54, 1.807) is 18.2 Å². The van der Waals surface area contributed by atoms with Crippen LogP contribution in [0.2, 0.25) is 0 Å². The monoisotopic (exact) mass is 2120 g/mol. The van der Waals surface area contributed by atoms with E-state index in [0.29, 0.717) is 18.1 Å². The number of Topliss-reactive ketones (excluding diaryl/α,β-unsaturated/α-hetero) is 1. The zero-order valence-corrected chi connectivity index (χ0v) is 86.4. The lowest BCUT2D eigenvalue weighted by Crippen LogP contribution is -3.04. The fraction of sp³-hybridized carbons (Fsp3) is 0.284. The molecule has 4 aliphatic rings. The van der Waals surface area contributed by atoms with Gasteiger partial charge in [0.05, 0.1) is 115 Å². The third-order valence-electron chi connectivity index (χ3n) is 24.7. The van der Waals surface area contributed by atoms with Crippen molar-refractivity contribution in [3.8, 4) is 22.3 Å². The molecule has 133 heavy (non-hydrogen) atoms. The normalized spacial score (nSPS) is 12.6. The highest BCUT2D eigenvalue weighted by atomic mass is 127. The molecule has 14 aromatic rings. The largest absolute Gasteiger partial charge is 1.00 e. The molecule has 0 fully saturated rings. The number of ketones is 1. The summed E-state index contributed by atoms with van der Waals surface area (Å²) in [5, 5.41) is 40.7. The standard InChI is InChI=1S/2C19H24N.C16H20N.C15H10O2.C12H10O2.C9H16N2.2C9H13N.C8H6O3.3HI/c1-4-5-14-20(2,3)19-17-12-8-6-10-15(17)16-11-7-9-13-18(16)19;1-4-20(5-2,6-3)19-17-13-9-7-11-15(17)16-12-8-10-14-18(16)19;1-17(2,3)16(14-10-6-4-7-11-14)15-12-8-5-9-13-15;16-15(17)14-12-7-3-1-5-10(12)9-11-6-2-4-8-13(11)14;13-12(14)8-10-6-3-5-9-4-1-2-7-11(9)10;1-3-7-11-8-4-2-6-10-9(11)5-1;2*1-10(2)8-9-6-4-3-5-7-9;9-7(8(10)11)6-4-2-1-3-5-6;;;/h6-13,19H,4-5,14H2,1-3H3;7-14,19H,4-6H2,1-3H3;4-13,16H,1-3H3;1-9H,(H,16,17);1-7H,8H2,(H,13,14);1-8H2;2*3-7H,8H2,1-2H3;1-5H,(H,10,11);3*1H/q3*+1;;;;;;;;;/p-3. The molecule has 0 atom stereocenters. The molecule has 0 radical (unpaired) electrons. The lowest BCUT2D eigenvalue weighted by molar-refractivity contribution is -0.946. The lowest BCUT2D eigenvalue weighted by atomic mass is 9.96. The van der Waals surface area contributed by atoms with Crippen molar-refractivity contribution < 1.29 is 134 Å². The number of carboxylic acid groups (broad SMARTS) is 3. The van der Waals surface area contributed by atoms with Gasteiger partial charge in [0.15, 0.2) is 0 Å². The third kappa shape index (κ3) is 31.2. The Labute approximate surface area is 842 Å². The summed E-state index contributed by atoms with van der Waals surface area (Å²) in [6.07, 6.45) is 9.31. The maximum atomic E-state index is 11.3. The molecule has 0 amide bonds. The van der Waals surface area contributed by atoms with Gasteiger partial charge in [-0.05, 0) is 119 Å². The Balaban J connectivity index is 0.000000206. The van der Waals surface area contributed by atoms with Gasteiger partial charge in [0, 0.05) is 74.4 Å². The predicted molar refractivity (Wildman–Crippen MR) is 530 cm³/mol. The molecule has 698 valence electrons. The van der Waals surface area contributed by atoms with Gasteiger partial charge < -0.3 is 125 Å². The summed E-state index contributed by atoms with van der Waals surface area (Å²) < 4.78 is 5.63. The highest BCUT2D eigenvalue weighted by molar-refractivity contribution is 6.39. The van der Waals surface area contributed by atoms with E-state index in [0.717, 1.165) is 64.4 Å². The van der Waals surface area contributed by atoms with Crippen LogP contribution in [-0.2, 0) is 29.1 Å². The number of amidine groups is 1. The number of carbonyl (C=O) groups excluding carboxylic acids is 4. The average Bonchev–Trinajstić information content (AvgIpc) is 1.59. The maximum absolute atomic E-state index is 11.3. The summed E-state index contributed by atoms with van der Waals surface area (Å²) in [6.45, 7) is 20.0. The minimum Gasteiger partial charge on any atom is -1.00 e. The van der Waals surface area contributed by atoms with Crippen LogP contribution in [0.4, 0.5) is 0 Å². The van der Waals surface area contributed by atoms with Crippen LogP contribution in [-0.4, -0.2) is 157 Å². The van der Waals surface area contributed by atoms with Gasteiger partial charge in [0.2, 0.25) is 11.6 Å². The molecule has 0 saturated heterocycles. The molecular weight excluding hydrogens is 1980 g/mol. The molecule has 14 aromatic carbocycles. The van der Waals surface area contributed by atoms with Gasteiger partial charge in [-0.2, -0.15) is 0 Å². The van der Waals surface area contributed by atoms with Crippen molar-refractivity contribution in [2.45, 2.75) is 110 Å². The lowest BCUT2D eigenvalue weighted by Gasteiger charge is -2.42. The summed E-state index contributed by atoms with van der Waals surface area (Å²) in [6, 6.07) is 118. The van der Waals surface area contributed by atoms with E-state index in [9.17, 15) is 34.5 Å². The molecule has 0 aromatic heterocycles. The van der Waals surface area contributed by atoms with Crippen molar-refractivity contribution >= 4 is 61.8 Å². The van der Waals surface area contributed by atoms with Gasteiger partial charge in [0.1, 0.15) is 37.2 Å². The van der Waals surface area contributed by atoms with E-state index >= 15 is 0 Å². The predicted octanol–water partition coefficient (Wildman–Crippen LogP) is 8.49. The van der Waals surface area contributed by atoms with Crippen LogP contribution in [0.3, 0.4) is 0 Å². The van der Waals surface area contributed by atoms with Crippen molar-refractivity contribution in [1.82, 2.24) is 5.32 Å². The number of carbonyl (C=O) groups is 4. The number of rotatable bonds is 20. The number of fused-ring (bicyclic) bond motifs is 9. The Morgan fingerprint density at radius 3 is 1.18 bits per heavy atom. The van der Waals surface area contributed by atoms with Crippen LogP contribution >= 0.6 is 0 Å². The summed E-state index contributed by atoms with van der Waals surface area (Å²) in [5.41, 5.74) is 18.5. The van der Waals surface area contributed by atoms with E-state index in [2.05, 4.69) is 319 Å². The Morgan fingerprint density at radius 2 is 0.782 bits per heavy atom. The SMILES string of the molecule is C1CC[N+]2=C(CCCC2)NC1.CCCC[N+](C)(C)C1c2ccccc2-c2ccccc21.CC[N+](CC)(CC)C1c2ccccc2-c2ccccc21.C[N+](C)(C)C(c1ccccc1)c1ccccc1.C[NH+](C)Cc1ccccc1.C[NH+](C)Cc1ccccc1.O=C([O-])C(=O)c1ccccc1.O=C([O-])Cc1cccc2ccccc12.O=C([O-])c1c2ccccc2cc2ccccc12.[I-].[I-].[I-]. The molecule has 0 bridgehead atoms. The molecule has 17 heteroatoms. The second kappa shape index (κ2) is 55.3. The van der Waals surface area contributed by atoms with Crippen LogP contribution in [0.1, 0.15) is 162 Å². The van der Waals surface area contributed by atoms with E-state index in [-0.39, 0.29) is 89.5 Å². The summed E-state index contributed by atoms with van der Waals surface area (Å²) >= 11 is 0. The minimum absolute atomic E-state index is 0. The minimum atomic E-state index is -1.67. The summed E-state index contributed by atoms with van der Waals surface area (Å²) in [4.78, 5) is 45.5. The summed E-state index contributed by atoms with van der Waals surface area (Å²) in [5.74, 6) is -3.30. The van der Waals surface area contributed by atoms with Crippen molar-refractivity contribution in [3.05, 3.63) is 407 Å². The Bertz CT molecular complexity index is 5690. The van der Waals surface area contributed by atoms with E-state index in [1.165, 1.54) is 185 Å². The number of aliphatic carboxylic acids is 2. The zero-order chi connectivity index (χ0) is 93.0. The van der Waals surface area contributed by atoms with Crippen molar-refractivity contribution in [2.75, 3.05) is 109 Å². The first-order chi connectivity index (χ1) is 62.8. The van der Waals surface area contributed by atoms with Gasteiger partial charge in [-0.3, -0.25) is 14.7 Å². The molecule has 3 N–H and O–H groups in total. The van der Waals surface area contributed by atoms with Gasteiger partial charge >= 0.3 is 0 Å². The van der Waals surface area contributed by atoms with Crippen molar-refractivity contribution in [2.24, 2.45) is 0 Å². The molecule has 14 nitrogen and oxygen atoms in total. The molecular formula is C116H136I3N7O7. The maximum Gasteiger partial charge on any atom is 0.244 e. The molecule has 0 spiro atoms. The van der Waals surface area contributed by atoms with Crippen molar-refractivity contribution in [3.63, 3.8) is 0 Å². The quantitative estimate of drug-likeness (QED) is 0.0171. The smallest absolute Gasteiger partial charge is 0.244 e. The third-order valence-corrected chi connectivity index (χ3v) is 24.7. The fourth-order valence-electron chi connectivity index (χ4n) is 18.4. The number of benzene rings is 14. The van der Waals surface area contributed by atoms with E-state index in [4.69, 9.17) is 0 Å². The topological polar surface area (TPSA) is 161 Å². The number of quaternary nitrogens is 5. The van der Waals surface area contributed by atoms with E-state index in [1.807, 2.05) is 97.1 Å². The van der Waals surface area contributed by atoms with E-state index < -0.39 is 23.7 Å². The second-order valence-electron chi connectivity index (χ2n) is 35.9. The van der Waals surface area contributed by atoms with Gasteiger partial charge in [-0.15, -0.1) is 0 Å². The first-order valence-electron chi connectivity index (χ1n) is 46.4. The Kier molecular flexibility index (Phi) is 45.5. The van der Waals surface area contributed by atoms with Crippen LogP contribution in [0.25, 0.3) is 54.6 Å². The Morgan fingerprint density at radius 1 is 0.414 bits per heavy atom. The molecule has 2 aliphatic carbocycles. The Hall–Kier alpha value is -10.6. The average molecular weight is 2120 g/mol. The number of nitrogens with zero attached hydrogens (tertiary/aromatic N) is 4. The number of aromatic carboxylic acids is 1. The molecule has 0 saturated carbocycles. The van der Waals surface area contributed by atoms with Crippen LogP contribution in [0.15, 0.2) is 346 Å². The second-order valence-corrected chi connectivity index (χ2v) is 35.9. The van der Waals surface area contributed by atoms with Crippen LogP contribution in [0, 0.1) is 0 Å². The highest BCUT2D eigenvalue weighted by Gasteiger charge is 2.43. The number of carboxylic acids is 3. The number of hydrogen-bond donors (Lipinski definition) is 3.